The third-order valence-corrected chi connectivity index (χ3v) is 2.79. The van der Waals surface area contributed by atoms with Gasteiger partial charge < -0.3 is 0 Å². The molecule has 0 saturated carbocycles. The molecule has 18 heavy (non-hydrogen) atoms. The fraction of sp³-hybridized carbons (Fsp3) is 0.429. The summed E-state index contributed by atoms with van der Waals surface area (Å²) in [5.74, 6) is 0.428. The predicted molar refractivity (Wildman–Crippen MR) is 76.1 cm³/mol. The molecule has 1 amide bonds. The third-order valence-electron chi connectivity index (χ3n) is 2.54. The van der Waals surface area contributed by atoms with Crippen molar-refractivity contribution in [2.45, 2.75) is 33.6 Å². The molecule has 0 atom stereocenters. The van der Waals surface area contributed by atoms with E-state index in [0.29, 0.717) is 16.5 Å². The van der Waals surface area contributed by atoms with Crippen LogP contribution in [-0.2, 0) is 0 Å². The number of rotatable bonds is 5. The normalized spacial score (nSPS) is 11.7. The van der Waals surface area contributed by atoms with E-state index in [1.807, 2.05) is 6.92 Å². The number of amides is 1. The highest BCUT2D eigenvalue weighted by atomic mass is 35.5. The molecule has 0 unspecified atom stereocenters. The molecule has 0 aliphatic rings. The van der Waals surface area contributed by atoms with Crippen molar-refractivity contribution in [2.75, 3.05) is 0 Å². The first-order valence-corrected chi connectivity index (χ1v) is 6.46. The first kappa shape index (κ1) is 14.7. The van der Waals surface area contributed by atoms with Gasteiger partial charge in [-0.15, -0.1) is 0 Å². The Labute approximate surface area is 113 Å². The largest absolute Gasteiger partial charge is 0.271 e. The summed E-state index contributed by atoms with van der Waals surface area (Å²) in [6.45, 7) is 6.25. The van der Waals surface area contributed by atoms with Crippen molar-refractivity contribution in [3.05, 3.63) is 34.9 Å². The molecule has 4 heteroatoms. The zero-order chi connectivity index (χ0) is 13.5. The Hall–Kier alpha value is -1.35. The van der Waals surface area contributed by atoms with Gasteiger partial charge in [0, 0.05) is 16.3 Å². The van der Waals surface area contributed by atoms with Gasteiger partial charge in [0.1, 0.15) is 0 Å². The fourth-order valence-corrected chi connectivity index (χ4v) is 1.49. The molecular formula is C14H19ClN2O. The summed E-state index contributed by atoms with van der Waals surface area (Å²) >= 11 is 5.76. The summed E-state index contributed by atoms with van der Waals surface area (Å²) in [4.78, 5) is 11.7. The quantitative estimate of drug-likeness (QED) is 0.638. The van der Waals surface area contributed by atoms with Gasteiger partial charge in [0.15, 0.2) is 0 Å². The van der Waals surface area contributed by atoms with Gasteiger partial charge >= 0.3 is 0 Å². The summed E-state index contributed by atoms with van der Waals surface area (Å²) in [6, 6.07) is 6.73. The molecule has 0 fully saturated rings. The Morgan fingerprint density at radius 2 is 1.94 bits per heavy atom. The lowest BCUT2D eigenvalue weighted by Crippen LogP contribution is -2.19. The smallest absolute Gasteiger partial charge is 0.267 e. The van der Waals surface area contributed by atoms with Gasteiger partial charge in [0.2, 0.25) is 0 Å². The summed E-state index contributed by atoms with van der Waals surface area (Å²) in [5, 5.41) is 4.69. The molecule has 0 heterocycles. The second kappa shape index (κ2) is 7.17. The molecule has 0 bridgehead atoms. The van der Waals surface area contributed by atoms with Gasteiger partial charge in [-0.25, -0.2) is 5.43 Å². The average Bonchev–Trinajstić information content (AvgIpc) is 2.34. The van der Waals surface area contributed by atoms with E-state index in [1.54, 1.807) is 24.3 Å². The van der Waals surface area contributed by atoms with Crippen LogP contribution in [0.5, 0.6) is 0 Å². The van der Waals surface area contributed by atoms with Gasteiger partial charge in [0.25, 0.3) is 5.91 Å². The van der Waals surface area contributed by atoms with Crippen LogP contribution in [0.3, 0.4) is 0 Å². The molecule has 1 rings (SSSR count). The Balaban J connectivity index is 2.49. The van der Waals surface area contributed by atoms with Crippen LogP contribution in [0.4, 0.5) is 0 Å². The highest BCUT2D eigenvalue weighted by Gasteiger charge is 2.04. The average molecular weight is 267 g/mol. The maximum Gasteiger partial charge on any atom is 0.271 e. The minimum absolute atomic E-state index is 0.212. The lowest BCUT2D eigenvalue weighted by Gasteiger charge is -2.05. The summed E-state index contributed by atoms with van der Waals surface area (Å²) in [7, 11) is 0. The number of hydrogen-bond acceptors (Lipinski definition) is 2. The number of hydrogen-bond donors (Lipinski definition) is 1. The van der Waals surface area contributed by atoms with Crippen LogP contribution < -0.4 is 5.43 Å². The molecule has 0 saturated heterocycles. The lowest BCUT2D eigenvalue weighted by atomic mass is 10.1. The zero-order valence-electron chi connectivity index (χ0n) is 11.0. The van der Waals surface area contributed by atoms with Crippen LogP contribution in [0.15, 0.2) is 29.4 Å². The van der Waals surface area contributed by atoms with Crippen molar-refractivity contribution in [1.29, 1.82) is 0 Å². The summed E-state index contributed by atoms with van der Waals surface area (Å²) < 4.78 is 0. The van der Waals surface area contributed by atoms with Crippen molar-refractivity contribution >= 4 is 23.2 Å². The number of nitrogens with one attached hydrogen (secondary N) is 1. The van der Waals surface area contributed by atoms with E-state index < -0.39 is 0 Å². The van der Waals surface area contributed by atoms with Crippen molar-refractivity contribution in [2.24, 2.45) is 11.0 Å². The van der Waals surface area contributed by atoms with Crippen LogP contribution in [0.2, 0.25) is 5.02 Å². The lowest BCUT2D eigenvalue weighted by molar-refractivity contribution is 0.0954. The Bertz CT molecular complexity index is 424. The van der Waals surface area contributed by atoms with Gasteiger partial charge in [-0.3, -0.25) is 4.79 Å². The molecule has 0 aliphatic carbocycles. The van der Waals surface area contributed by atoms with Crippen LogP contribution in [-0.4, -0.2) is 11.6 Å². The van der Waals surface area contributed by atoms with E-state index in [9.17, 15) is 4.79 Å². The first-order chi connectivity index (χ1) is 8.49. The van der Waals surface area contributed by atoms with E-state index in [0.717, 1.165) is 18.6 Å². The highest BCUT2D eigenvalue weighted by Crippen LogP contribution is 2.09. The molecule has 1 aromatic carbocycles. The van der Waals surface area contributed by atoms with E-state index in [1.165, 1.54) is 0 Å². The van der Waals surface area contributed by atoms with Crippen LogP contribution >= 0.6 is 11.6 Å². The van der Waals surface area contributed by atoms with E-state index in [-0.39, 0.29) is 5.91 Å². The maximum atomic E-state index is 11.7. The Kier molecular flexibility index (Phi) is 5.86. The van der Waals surface area contributed by atoms with Gasteiger partial charge in [-0.2, -0.15) is 5.10 Å². The summed E-state index contributed by atoms with van der Waals surface area (Å²) in [5.41, 5.74) is 4.04. The Morgan fingerprint density at radius 1 is 1.33 bits per heavy atom. The SMILES string of the molecule is C/C(CCC(C)C)=N/NC(=O)c1ccc(Cl)cc1. The number of carbonyl (C=O) groups excluding carboxylic acids is 1. The van der Waals surface area contributed by atoms with Crippen molar-refractivity contribution in [1.82, 2.24) is 5.43 Å². The highest BCUT2D eigenvalue weighted by molar-refractivity contribution is 6.30. The molecule has 3 nitrogen and oxygen atoms in total. The predicted octanol–water partition coefficient (Wildman–Crippen LogP) is 3.88. The minimum atomic E-state index is -0.212. The minimum Gasteiger partial charge on any atom is -0.267 e. The second-order valence-corrected chi connectivity index (χ2v) is 5.16. The van der Waals surface area contributed by atoms with Crippen molar-refractivity contribution in [3.63, 3.8) is 0 Å². The van der Waals surface area contributed by atoms with Crippen molar-refractivity contribution < 1.29 is 4.79 Å². The van der Waals surface area contributed by atoms with Crippen molar-refractivity contribution in [3.8, 4) is 0 Å². The number of halogens is 1. The van der Waals surface area contributed by atoms with Gasteiger partial charge in [0.05, 0.1) is 0 Å². The molecule has 0 radical (unpaired) electrons. The maximum absolute atomic E-state index is 11.7. The fourth-order valence-electron chi connectivity index (χ4n) is 1.37. The topological polar surface area (TPSA) is 41.5 Å². The molecule has 1 aromatic rings. The zero-order valence-corrected chi connectivity index (χ0v) is 11.8. The van der Waals surface area contributed by atoms with Gasteiger partial charge in [-0.05, 0) is 49.9 Å². The second-order valence-electron chi connectivity index (χ2n) is 4.73. The Morgan fingerprint density at radius 3 is 2.50 bits per heavy atom. The van der Waals surface area contributed by atoms with Gasteiger partial charge in [-0.1, -0.05) is 25.4 Å². The number of hydrazone groups is 1. The number of carbonyl (C=O) groups is 1. The van der Waals surface area contributed by atoms with Crippen LogP contribution in [0.1, 0.15) is 44.0 Å². The molecular weight excluding hydrogens is 248 g/mol. The van der Waals surface area contributed by atoms with E-state index >= 15 is 0 Å². The number of nitrogens with zero attached hydrogens (tertiary/aromatic N) is 1. The van der Waals surface area contributed by atoms with Crippen LogP contribution in [0.25, 0.3) is 0 Å². The standard InChI is InChI=1S/C14H19ClN2O/c1-10(2)4-5-11(3)16-17-14(18)12-6-8-13(15)9-7-12/h6-10H,4-5H2,1-3H3,(H,17,18)/b16-11-. The third kappa shape index (κ3) is 5.32. The summed E-state index contributed by atoms with van der Waals surface area (Å²) in [6.07, 6.45) is 1.98. The first-order valence-electron chi connectivity index (χ1n) is 6.08. The molecule has 98 valence electrons. The monoisotopic (exact) mass is 266 g/mol. The molecule has 0 aromatic heterocycles. The van der Waals surface area contributed by atoms with E-state index in [4.69, 9.17) is 11.6 Å². The molecule has 0 spiro atoms. The number of benzene rings is 1. The molecule has 0 aliphatic heterocycles. The van der Waals surface area contributed by atoms with E-state index in [2.05, 4.69) is 24.4 Å². The molecule has 1 N–H and O–H groups in total. The van der Waals surface area contributed by atoms with Crippen LogP contribution in [0, 0.1) is 5.92 Å².